The molecule has 0 spiro atoms. The molecule has 0 heterocycles. The van der Waals surface area contributed by atoms with Crippen LogP contribution >= 0.6 is 0 Å². The topological polar surface area (TPSA) is 90.0 Å². The van der Waals surface area contributed by atoms with Gasteiger partial charge < -0.3 is 14.9 Å². The van der Waals surface area contributed by atoms with Crippen molar-refractivity contribution in [1.82, 2.24) is 15.1 Å². The molecule has 3 amide bonds. The zero-order chi connectivity index (χ0) is 14.8. The molecule has 0 fully saturated rings. The van der Waals surface area contributed by atoms with Crippen LogP contribution in [0.4, 0.5) is 4.79 Å². The second kappa shape index (κ2) is 9.32. The molecule has 2 N–H and O–H groups in total. The largest absolute Gasteiger partial charge is 0.481 e. The van der Waals surface area contributed by atoms with Gasteiger partial charge in [0.05, 0.1) is 0 Å². The van der Waals surface area contributed by atoms with Crippen LogP contribution in [0, 0.1) is 0 Å². The second-order valence-corrected chi connectivity index (χ2v) is 4.68. The van der Waals surface area contributed by atoms with Crippen molar-refractivity contribution >= 4 is 17.9 Å². The molecule has 0 atom stereocenters. The highest BCUT2D eigenvalue weighted by atomic mass is 16.4. The van der Waals surface area contributed by atoms with E-state index >= 15 is 0 Å². The quantitative estimate of drug-likeness (QED) is 0.623. The van der Waals surface area contributed by atoms with Crippen molar-refractivity contribution in [1.29, 1.82) is 0 Å². The number of urea groups is 1. The van der Waals surface area contributed by atoms with E-state index in [1.807, 2.05) is 19.0 Å². The zero-order valence-electron chi connectivity index (χ0n) is 11.8. The van der Waals surface area contributed by atoms with Crippen LogP contribution in [-0.4, -0.2) is 67.0 Å². The van der Waals surface area contributed by atoms with Crippen molar-refractivity contribution in [2.75, 3.05) is 34.2 Å². The van der Waals surface area contributed by atoms with Gasteiger partial charge in [-0.2, -0.15) is 0 Å². The number of carboxylic acids is 1. The van der Waals surface area contributed by atoms with Gasteiger partial charge in [0.15, 0.2) is 0 Å². The number of imide groups is 1. The average Bonchev–Trinajstić information content (AvgIpc) is 2.31. The summed E-state index contributed by atoms with van der Waals surface area (Å²) in [5.74, 6) is -1.24. The maximum atomic E-state index is 11.6. The number of carboxylic acid groups (broad SMARTS) is 1. The summed E-state index contributed by atoms with van der Waals surface area (Å²) in [5, 5.41) is 10.7. The second-order valence-electron chi connectivity index (χ2n) is 4.68. The smallest absolute Gasteiger partial charge is 0.323 e. The van der Waals surface area contributed by atoms with Crippen molar-refractivity contribution < 1.29 is 19.5 Å². The summed E-state index contributed by atoms with van der Waals surface area (Å²) >= 11 is 0. The summed E-state index contributed by atoms with van der Waals surface area (Å²) in [6.45, 7) is 1.25. The Morgan fingerprint density at radius 1 is 1.00 bits per heavy atom. The molecule has 19 heavy (non-hydrogen) atoms. The molecule has 0 unspecified atom stereocenters. The van der Waals surface area contributed by atoms with Crippen molar-refractivity contribution in [2.45, 2.75) is 25.7 Å². The van der Waals surface area contributed by atoms with E-state index in [0.29, 0.717) is 19.4 Å². The first kappa shape index (κ1) is 17.4. The van der Waals surface area contributed by atoms with Crippen LogP contribution in [0.1, 0.15) is 25.7 Å². The fraction of sp³-hybridized carbons (Fsp3) is 0.750. The van der Waals surface area contributed by atoms with Crippen LogP contribution in [0.2, 0.25) is 0 Å². The number of aliphatic carboxylic acids is 1. The van der Waals surface area contributed by atoms with Gasteiger partial charge in [-0.1, -0.05) is 0 Å². The molecule has 0 saturated heterocycles. The lowest BCUT2D eigenvalue weighted by Crippen LogP contribution is -2.43. The number of carbonyl (C=O) groups is 3. The minimum absolute atomic E-state index is 0.0456. The van der Waals surface area contributed by atoms with Crippen molar-refractivity contribution in [3.63, 3.8) is 0 Å². The highest BCUT2D eigenvalue weighted by Gasteiger charge is 2.12. The Labute approximate surface area is 113 Å². The first-order chi connectivity index (χ1) is 8.82. The molecule has 7 nitrogen and oxygen atoms in total. The van der Waals surface area contributed by atoms with Crippen molar-refractivity contribution in [2.24, 2.45) is 0 Å². The molecule has 0 saturated carbocycles. The van der Waals surface area contributed by atoms with E-state index in [9.17, 15) is 14.4 Å². The third-order valence-corrected chi connectivity index (χ3v) is 2.52. The fourth-order valence-corrected chi connectivity index (χ4v) is 1.29. The third-order valence-electron chi connectivity index (χ3n) is 2.52. The highest BCUT2D eigenvalue weighted by Crippen LogP contribution is 1.99. The Morgan fingerprint density at radius 3 is 2.11 bits per heavy atom. The van der Waals surface area contributed by atoms with E-state index in [-0.39, 0.29) is 18.7 Å². The summed E-state index contributed by atoms with van der Waals surface area (Å²) in [4.78, 5) is 36.7. The van der Waals surface area contributed by atoms with Gasteiger partial charge >= 0.3 is 12.0 Å². The van der Waals surface area contributed by atoms with Gasteiger partial charge in [-0.05, 0) is 26.9 Å². The number of carbonyl (C=O) groups excluding carboxylic acids is 2. The molecule has 7 heteroatoms. The van der Waals surface area contributed by atoms with E-state index in [4.69, 9.17) is 5.11 Å². The van der Waals surface area contributed by atoms with E-state index in [1.165, 1.54) is 4.90 Å². The third kappa shape index (κ3) is 10.0. The molecule has 110 valence electrons. The molecule has 0 aliphatic carbocycles. The van der Waals surface area contributed by atoms with Gasteiger partial charge in [0, 0.05) is 33.0 Å². The summed E-state index contributed by atoms with van der Waals surface area (Å²) in [6.07, 6.45) is 1.12. The molecule has 0 aliphatic rings. The van der Waals surface area contributed by atoms with Crippen molar-refractivity contribution in [3.05, 3.63) is 0 Å². The maximum Gasteiger partial charge on any atom is 0.323 e. The van der Waals surface area contributed by atoms with Crippen LogP contribution in [0.15, 0.2) is 0 Å². The molecule has 0 bridgehead atoms. The van der Waals surface area contributed by atoms with E-state index < -0.39 is 12.0 Å². The Balaban J connectivity index is 3.79. The lowest BCUT2D eigenvalue weighted by atomic mass is 10.2. The number of nitrogens with one attached hydrogen (secondary N) is 1. The van der Waals surface area contributed by atoms with E-state index in [0.717, 1.165) is 6.54 Å². The van der Waals surface area contributed by atoms with Crippen LogP contribution < -0.4 is 5.32 Å². The van der Waals surface area contributed by atoms with Gasteiger partial charge in [-0.25, -0.2) is 4.79 Å². The number of hydrogen-bond acceptors (Lipinski definition) is 4. The Hall–Kier alpha value is -1.63. The van der Waals surface area contributed by atoms with E-state index in [2.05, 4.69) is 5.32 Å². The fourth-order valence-electron chi connectivity index (χ4n) is 1.29. The molecule has 0 aliphatic heterocycles. The minimum Gasteiger partial charge on any atom is -0.481 e. The monoisotopic (exact) mass is 273 g/mol. The van der Waals surface area contributed by atoms with Crippen LogP contribution in [0.3, 0.4) is 0 Å². The number of likely N-dealkylation sites (N-methyl/N-ethyl adjacent to an activating group) is 2. The molecule has 0 aromatic carbocycles. The van der Waals surface area contributed by atoms with Crippen LogP contribution in [0.25, 0.3) is 0 Å². The van der Waals surface area contributed by atoms with Gasteiger partial charge in [0.2, 0.25) is 5.91 Å². The standard InChI is InChI=1S/C12H23N3O4/c1-14(2)8-9-15(3)12(19)13-10(16)6-4-5-7-11(17)18/h4-9H2,1-3H3,(H,17,18)(H,13,16,19). The number of amides is 3. The Kier molecular flexibility index (Phi) is 8.52. The predicted octanol–water partition coefficient (Wildman–Crippen LogP) is 0.361. The molecular weight excluding hydrogens is 250 g/mol. The number of hydrogen-bond donors (Lipinski definition) is 2. The molecular formula is C12H23N3O4. The SMILES string of the molecule is CN(C)CCN(C)C(=O)NC(=O)CCCCC(=O)O. The van der Waals surface area contributed by atoms with Crippen LogP contribution in [0.5, 0.6) is 0 Å². The normalized spacial score (nSPS) is 10.3. The lowest BCUT2D eigenvalue weighted by molar-refractivity contribution is -0.137. The minimum atomic E-state index is -0.875. The Morgan fingerprint density at radius 2 is 1.58 bits per heavy atom. The molecule has 0 rings (SSSR count). The van der Waals surface area contributed by atoms with E-state index in [1.54, 1.807) is 7.05 Å². The summed E-state index contributed by atoms with van der Waals surface area (Å²) in [5.41, 5.74) is 0. The number of nitrogens with zero attached hydrogens (tertiary/aromatic N) is 2. The number of unbranched alkanes of at least 4 members (excludes halogenated alkanes) is 1. The summed E-state index contributed by atoms with van der Waals surface area (Å²) in [6, 6.07) is -0.426. The average molecular weight is 273 g/mol. The molecule has 0 aromatic heterocycles. The van der Waals surface area contributed by atoms with Gasteiger partial charge in [-0.15, -0.1) is 0 Å². The number of rotatable bonds is 8. The summed E-state index contributed by atoms with van der Waals surface area (Å²) in [7, 11) is 5.43. The lowest BCUT2D eigenvalue weighted by Gasteiger charge is -2.19. The van der Waals surface area contributed by atoms with Gasteiger partial charge in [0.1, 0.15) is 0 Å². The van der Waals surface area contributed by atoms with Gasteiger partial charge in [-0.3, -0.25) is 14.9 Å². The molecule has 0 aromatic rings. The Bertz CT molecular complexity index is 318. The molecule has 0 radical (unpaired) electrons. The van der Waals surface area contributed by atoms with Gasteiger partial charge in [0.25, 0.3) is 0 Å². The highest BCUT2D eigenvalue weighted by molar-refractivity contribution is 5.94. The predicted molar refractivity (Wildman–Crippen MR) is 70.8 cm³/mol. The van der Waals surface area contributed by atoms with Crippen LogP contribution in [-0.2, 0) is 9.59 Å². The maximum absolute atomic E-state index is 11.6. The first-order valence-electron chi connectivity index (χ1n) is 6.24. The summed E-state index contributed by atoms with van der Waals surface area (Å²) < 4.78 is 0. The van der Waals surface area contributed by atoms with Crippen molar-refractivity contribution in [3.8, 4) is 0 Å². The first-order valence-corrected chi connectivity index (χ1v) is 6.24. The zero-order valence-corrected chi connectivity index (χ0v) is 11.8.